The molecule has 1 aromatic rings. The molecule has 1 saturated carbocycles. The normalized spacial score (nSPS) is 24.6. The van der Waals surface area contributed by atoms with Crippen LogP contribution in [0, 0.1) is 5.92 Å². The van der Waals surface area contributed by atoms with Crippen molar-refractivity contribution in [1.82, 2.24) is 14.7 Å². The molecular formula is C19H30N4OS2. The maximum atomic E-state index is 12.5. The number of hydrogen-bond acceptors (Lipinski definition) is 5. The lowest BCUT2D eigenvalue weighted by molar-refractivity contribution is -0.119. The monoisotopic (exact) mass is 394 g/mol. The topological polar surface area (TPSA) is 50.2 Å². The van der Waals surface area contributed by atoms with Gasteiger partial charge in [-0.1, -0.05) is 12.8 Å². The zero-order chi connectivity index (χ0) is 17.8. The summed E-state index contributed by atoms with van der Waals surface area (Å²) >= 11 is 4.22. The predicted molar refractivity (Wildman–Crippen MR) is 111 cm³/mol. The number of nitrogens with zero attached hydrogens (tertiary/aromatic N) is 3. The molecule has 0 radical (unpaired) electrons. The minimum absolute atomic E-state index is 0.189. The Morgan fingerprint density at radius 3 is 2.42 bits per heavy atom. The number of carbonyl (C=O) groups excluding carboxylic acids is 1. The van der Waals surface area contributed by atoms with Crippen molar-refractivity contribution in [3.63, 3.8) is 0 Å². The molecule has 2 saturated heterocycles. The van der Waals surface area contributed by atoms with E-state index < -0.39 is 0 Å². The van der Waals surface area contributed by atoms with E-state index in [1.165, 1.54) is 35.9 Å². The first-order valence-electron chi connectivity index (χ1n) is 10.0. The molecule has 0 bridgehead atoms. The maximum Gasteiger partial charge on any atom is 0.228 e. The highest BCUT2D eigenvalue weighted by molar-refractivity contribution is 8.03. The third kappa shape index (κ3) is 4.42. The van der Waals surface area contributed by atoms with Crippen LogP contribution >= 0.6 is 23.5 Å². The fraction of sp³-hybridized carbons (Fsp3) is 0.789. The summed E-state index contributed by atoms with van der Waals surface area (Å²) in [6, 6.07) is 3.09. The molecule has 1 aliphatic carbocycles. The Balaban J connectivity index is 1.33. The molecular weight excluding hydrogens is 364 g/mol. The largest absolute Gasteiger partial charge is 0.311 e. The first kappa shape index (κ1) is 18.7. The van der Waals surface area contributed by atoms with Crippen LogP contribution in [0.15, 0.2) is 12.3 Å². The standard InChI is InChI=1S/C19H30N4OS2/c24-19(15-3-1-2-4-15)21-18-5-8-20-23(18)16-6-9-22(10-7-16)17-13-25-11-12-26-14-17/h5,8,15-17H,1-4,6-7,9-14H2,(H,21,24). The van der Waals surface area contributed by atoms with Gasteiger partial charge in [0, 0.05) is 54.1 Å². The van der Waals surface area contributed by atoms with Gasteiger partial charge in [0.15, 0.2) is 0 Å². The lowest BCUT2D eigenvalue weighted by atomic mass is 10.0. The van der Waals surface area contributed by atoms with Crippen molar-refractivity contribution < 1.29 is 4.79 Å². The summed E-state index contributed by atoms with van der Waals surface area (Å²) < 4.78 is 2.07. The van der Waals surface area contributed by atoms with Crippen LogP contribution in [0.2, 0.25) is 0 Å². The van der Waals surface area contributed by atoms with Gasteiger partial charge in [-0.2, -0.15) is 28.6 Å². The van der Waals surface area contributed by atoms with Crippen LogP contribution in [0.3, 0.4) is 0 Å². The van der Waals surface area contributed by atoms with Gasteiger partial charge in [0.1, 0.15) is 5.82 Å². The molecule has 7 heteroatoms. The number of rotatable bonds is 4. The van der Waals surface area contributed by atoms with Gasteiger partial charge >= 0.3 is 0 Å². The minimum Gasteiger partial charge on any atom is -0.311 e. The molecule has 2 aliphatic heterocycles. The van der Waals surface area contributed by atoms with Gasteiger partial charge in [-0.25, -0.2) is 4.68 Å². The second kappa shape index (κ2) is 9.02. The Labute approximate surface area is 165 Å². The molecule has 4 rings (SSSR count). The Kier molecular flexibility index (Phi) is 6.48. The number of thioether (sulfide) groups is 2. The second-order valence-electron chi connectivity index (χ2n) is 7.70. The van der Waals surface area contributed by atoms with E-state index in [0.717, 1.165) is 50.6 Å². The van der Waals surface area contributed by atoms with Crippen molar-refractivity contribution in [1.29, 1.82) is 0 Å². The highest BCUT2D eigenvalue weighted by Gasteiger charge is 2.29. The van der Waals surface area contributed by atoms with Crippen molar-refractivity contribution in [2.24, 2.45) is 5.92 Å². The first-order chi connectivity index (χ1) is 12.8. The van der Waals surface area contributed by atoms with Gasteiger partial charge in [-0.3, -0.25) is 9.69 Å². The number of anilines is 1. The number of piperidine rings is 1. The molecule has 1 aromatic heterocycles. The molecule has 26 heavy (non-hydrogen) atoms. The molecule has 144 valence electrons. The summed E-state index contributed by atoms with van der Waals surface area (Å²) in [7, 11) is 0. The summed E-state index contributed by atoms with van der Waals surface area (Å²) in [4.78, 5) is 15.2. The van der Waals surface area contributed by atoms with Crippen LogP contribution < -0.4 is 5.32 Å². The Morgan fingerprint density at radius 1 is 1.04 bits per heavy atom. The van der Waals surface area contributed by atoms with Crippen molar-refractivity contribution in [3.8, 4) is 0 Å². The highest BCUT2D eigenvalue weighted by atomic mass is 32.2. The number of carbonyl (C=O) groups is 1. The number of aromatic nitrogens is 2. The number of hydrogen-bond donors (Lipinski definition) is 1. The molecule has 3 fully saturated rings. The predicted octanol–water partition coefficient (Wildman–Crippen LogP) is 3.50. The smallest absolute Gasteiger partial charge is 0.228 e. The fourth-order valence-corrected chi connectivity index (χ4v) is 7.06. The third-order valence-corrected chi connectivity index (χ3v) is 8.49. The quantitative estimate of drug-likeness (QED) is 0.847. The average Bonchev–Trinajstić information content (AvgIpc) is 3.29. The van der Waals surface area contributed by atoms with E-state index in [1.807, 2.05) is 12.3 Å². The molecule has 1 amide bonds. The van der Waals surface area contributed by atoms with Gasteiger partial charge in [-0.05, 0) is 25.7 Å². The van der Waals surface area contributed by atoms with Crippen LogP contribution in [0.4, 0.5) is 5.82 Å². The Morgan fingerprint density at radius 2 is 1.73 bits per heavy atom. The third-order valence-electron chi connectivity index (χ3n) is 6.00. The lowest BCUT2D eigenvalue weighted by Crippen LogP contribution is -2.44. The van der Waals surface area contributed by atoms with Gasteiger partial charge < -0.3 is 5.32 Å². The van der Waals surface area contributed by atoms with Gasteiger partial charge in [0.2, 0.25) is 5.91 Å². The van der Waals surface area contributed by atoms with Crippen LogP contribution in [0.1, 0.15) is 44.6 Å². The first-order valence-corrected chi connectivity index (χ1v) is 12.4. The van der Waals surface area contributed by atoms with E-state index in [-0.39, 0.29) is 11.8 Å². The number of likely N-dealkylation sites (tertiary alicyclic amines) is 1. The molecule has 3 aliphatic rings. The van der Waals surface area contributed by atoms with Crippen LogP contribution in [-0.4, -0.2) is 62.7 Å². The van der Waals surface area contributed by atoms with Crippen molar-refractivity contribution >= 4 is 35.2 Å². The minimum atomic E-state index is 0.189. The van der Waals surface area contributed by atoms with E-state index in [2.05, 4.69) is 43.5 Å². The lowest BCUT2D eigenvalue weighted by Gasteiger charge is -2.37. The SMILES string of the molecule is O=C(Nc1ccnn1C1CCN(C2CSCCSC2)CC1)C1CCCC1. The number of nitrogens with one attached hydrogen (secondary N) is 1. The summed E-state index contributed by atoms with van der Waals surface area (Å²) in [5.74, 6) is 6.44. The fourth-order valence-electron chi connectivity index (χ4n) is 4.43. The van der Waals surface area contributed by atoms with E-state index in [9.17, 15) is 4.79 Å². The van der Waals surface area contributed by atoms with Gasteiger partial charge in [0.05, 0.1) is 12.2 Å². The summed E-state index contributed by atoms with van der Waals surface area (Å²) in [6.07, 6.45) is 8.53. The molecule has 5 nitrogen and oxygen atoms in total. The summed E-state index contributed by atoms with van der Waals surface area (Å²) in [5, 5.41) is 7.70. The molecule has 0 aromatic carbocycles. The zero-order valence-electron chi connectivity index (χ0n) is 15.4. The maximum absolute atomic E-state index is 12.5. The van der Waals surface area contributed by atoms with Crippen LogP contribution in [0.5, 0.6) is 0 Å². The van der Waals surface area contributed by atoms with E-state index in [0.29, 0.717) is 6.04 Å². The summed E-state index contributed by atoms with van der Waals surface area (Å²) in [6.45, 7) is 2.29. The van der Waals surface area contributed by atoms with Crippen LogP contribution in [-0.2, 0) is 4.79 Å². The highest BCUT2D eigenvalue weighted by Crippen LogP contribution is 2.30. The number of amides is 1. The van der Waals surface area contributed by atoms with E-state index >= 15 is 0 Å². The van der Waals surface area contributed by atoms with Crippen LogP contribution in [0.25, 0.3) is 0 Å². The molecule has 0 atom stereocenters. The molecule has 0 unspecified atom stereocenters. The summed E-state index contributed by atoms with van der Waals surface area (Å²) in [5.41, 5.74) is 0. The van der Waals surface area contributed by atoms with Gasteiger partial charge in [0.25, 0.3) is 0 Å². The second-order valence-corrected chi connectivity index (χ2v) is 10.0. The Bertz CT molecular complexity index is 586. The average molecular weight is 395 g/mol. The van der Waals surface area contributed by atoms with E-state index in [1.54, 1.807) is 0 Å². The molecule has 0 spiro atoms. The van der Waals surface area contributed by atoms with Gasteiger partial charge in [-0.15, -0.1) is 0 Å². The molecule has 1 N–H and O–H groups in total. The molecule has 3 heterocycles. The van der Waals surface area contributed by atoms with Crippen molar-refractivity contribution in [2.45, 2.75) is 50.6 Å². The van der Waals surface area contributed by atoms with Crippen molar-refractivity contribution in [2.75, 3.05) is 41.4 Å². The van der Waals surface area contributed by atoms with E-state index in [4.69, 9.17) is 0 Å². The zero-order valence-corrected chi connectivity index (χ0v) is 17.1. The van der Waals surface area contributed by atoms with Crippen molar-refractivity contribution in [3.05, 3.63) is 12.3 Å². The Hall–Kier alpha value is -0.660.